The third-order valence-electron chi connectivity index (χ3n) is 4.17. The Kier molecular flexibility index (Phi) is 6.61. The lowest BCUT2D eigenvalue weighted by molar-refractivity contribution is 0.0318. The van der Waals surface area contributed by atoms with E-state index in [2.05, 4.69) is 4.98 Å². The summed E-state index contributed by atoms with van der Waals surface area (Å²) in [5.41, 5.74) is 1.66. The summed E-state index contributed by atoms with van der Waals surface area (Å²) in [6.07, 6.45) is -0.903. The molecule has 0 aliphatic heterocycles. The molecule has 0 bridgehead atoms. The van der Waals surface area contributed by atoms with Gasteiger partial charge in [0.2, 0.25) is 5.78 Å². The third kappa shape index (κ3) is 5.42. The summed E-state index contributed by atoms with van der Waals surface area (Å²) in [5, 5.41) is 2.93. The molecule has 0 saturated carbocycles. The Morgan fingerprint density at radius 1 is 1.00 bits per heavy atom. The van der Waals surface area contributed by atoms with Crippen molar-refractivity contribution in [2.24, 2.45) is 0 Å². The number of benzene rings is 2. The van der Waals surface area contributed by atoms with Crippen LogP contribution in [0.1, 0.15) is 38.3 Å². The number of rotatable bonds is 8. The third-order valence-corrected chi connectivity index (χ3v) is 4.99. The van der Waals surface area contributed by atoms with Crippen molar-refractivity contribution in [3.63, 3.8) is 0 Å². The minimum Gasteiger partial charge on any atom is -0.497 e. The molecule has 0 N–H and O–H groups in total. The standard InChI is InChI=1S/C22H21NO5S/c1-14(21(24)16-4-8-19(26-3)9-5-16)28-22(25)17-6-10-20(11-7-17)27-12-18-13-29-15(2)23-18/h4-11,13-14H,12H2,1-3H3/t14-/m1/s1. The van der Waals surface area contributed by atoms with Crippen molar-refractivity contribution in [1.82, 2.24) is 4.98 Å². The Bertz CT molecular complexity index is 979. The average Bonchev–Trinajstić information content (AvgIpc) is 3.17. The lowest BCUT2D eigenvalue weighted by Crippen LogP contribution is -2.24. The molecule has 0 saturated heterocycles. The van der Waals surface area contributed by atoms with Crippen molar-refractivity contribution in [2.75, 3.05) is 7.11 Å². The highest BCUT2D eigenvalue weighted by Gasteiger charge is 2.20. The second-order valence-corrected chi connectivity index (χ2v) is 7.37. The highest BCUT2D eigenvalue weighted by atomic mass is 32.1. The van der Waals surface area contributed by atoms with Gasteiger partial charge in [-0.05, 0) is 62.4 Å². The molecule has 0 aliphatic rings. The summed E-state index contributed by atoms with van der Waals surface area (Å²) in [6.45, 7) is 3.86. The maximum Gasteiger partial charge on any atom is 0.338 e. The summed E-state index contributed by atoms with van der Waals surface area (Å²) in [7, 11) is 1.55. The van der Waals surface area contributed by atoms with Crippen LogP contribution in [-0.4, -0.2) is 30.0 Å². The van der Waals surface area contributed by atoms with Crippen molar-refractivity contribution in [3.05, 3.63) is 75.7 Å². The van der Waals surface area contributed by atoms with Crippen molar-refractivity contribution < 1.29 is 23.8 Å². The molecule has 6 nitrogen and oxygen atoms in total. The molecule has 1 heterocycles. The van der Waals surface area contributed by atoms with E-state index in [1.54, 1.807) is 73.9 Å². The van der Waals surface area contributed by atoms with Crippen molar-refractivity contribution in [2.45, 2.75) is 26.6 Å². The minimum absolute atomic E-state index is 0.278. The van der Waals surface area contributed by atoms with Crippen molar-refractivity contribution in [3.8, 4) is 11.5 Å². The molecule has 1 aromatic heterocycles. The Morgan fingerprint density at radius 2 is 1.62 bits per heavy atom. The zero-order valence-corrected chi connectivity index (χ0v) is 17.2. The topological polar surface area (TPSA) is 74.7 Å². The van der Waals surface area contributed by atoms with Gasteiger partial charge in [-0.1, -0.05) is 0 Å². The van der Waals surface area contributed by atoms with Crippen LogP contribution in [0.15, 0.2) is 53.9 Å². The van der Waals surface area contributed by atoms with Gasteiger partial charge in [-0.25, -0.2) is 9.78 Å². The van der Waals surface area contributed by atoms with E-state index in [0.717, 1.165) is 10.7 Å². The molecular weight excluding hydrogens is 390 g/mol. The van der Waals surface area contributed by atoms with Gasteiger partial charge >= 0.3 is 5.97 Å². The SMILES string of the molecule is COc1ccc(C(=O)[C@@H](C)OC(=O)c2ccc(OCc3csc(C)n3)cc2)cc1. The monoisotopic (exact) mass is 411 g/mol. The maximum atomic E-state index is 12.4. The molecule has 0 spiro atoms. The predicted molar refractivity (Wildman–Crippen MR) is 110 cm³/mol. The van der Waals surface area contributed by atoms with E-state index in [4.69, 9.17) is 14.2 Å². The van der Waals surface area contributed by atoms with E-state index in [0.29, 0.717) is 29.2 Å². The van der Waals surface area contributed by atoms with E-state index >= 15 is 0 Å². The number of aromatic nitrogens is 1. The van der Waals surface area contributed by atoms with Crippen LogP contribution in [0.25, 0.3) is 0 Å². The second kappa shape index (κ2) is 9.34. The van der Waals surface area contributed by atoms with E-state index in [9.17, 15) is 9.59 Å². The van der Waals surface area contributed by atoms with Crippen LogP contribution >= 0.6 is 11.3 Å². The van der Waals surface area contributed by atoms with Gasteiger partial charge in [-0.15, -0.1) is 11.3 Å². The zero-order valence-electron chi connectivity index (χ0n) is 16.4. The fourth-order valence-corrected chi connectivity index (χ4v) is 3.19. The van der Waals surface area contributed by atoms with Crippen LogP contribution in [0, 0.1) is 6.92 Å². The molecule has 0 amide bonds. The van der Waals surface area contributed by atoms with E-state index < -0.39 is 12.1 Å². The summed E-state index contributed by atoms with van der Waals surface area (Å²) >= 11 is 1.57. The highest BCUT2D eigenvalue weighted by Crippen LogP contribution is 2.18. The maximum absolute atomic E-state index is 12.4. The number of ether oxygens (including phenoxy) is 3. The van der Waals surface area contributed by atoms with Gasteiger partial charge in [0.1, 0.15) is 18.1 Å². The molecule has 0 radical (unpaired) electrons. The number of hydrogen-bond acceptors (Lipinski definition) is 7. The number of esters is 1. The number of thiazole rings is 1. The summed E-state index contributed by atoms with van der Waals surface area (Å²) in [5.74, 6) is 0.425. The van der Waals surface area contributed by atoms with Gasteiger partial charge < -0.3 is 14.2 Å². The van der Waals surface area contributed by atoms with Gasteiger partial charge in [-0.2, -0.15) is 0 Å². The number of Topliss-reactive ketones (excluding diaryl/α,β-unsaturated/α-hetero) is 1. The first kappa shape index (κ1) is 20.5. The van der Waals surface area contributed by atoms with Gasteiger partial charge in [0.25, 0.3) is 0 Å². The van der Waals surface area contributed by atoms with Crippen LogP contribution in [0.5, 0.6) is 11.5 Å². The Hall–Kier alpha value is -3.19. The normalized spacial score (nSPS) is 11.6. The number of carbonyl (C=O) groups excluding carboxylic acids is 2. The van der Waals surface area contributed by atoms with E-state index in [-0.39, 0.29) is 5.78 Å². The molecule has 0 fully saturated rings. The van der Waals surface area contributed by atoms with Crippen LogP contribution in [0.3, 0.4) is 0 Å². The number of carbonyl (C=O) groups is 2. The fraction of sp³-hybridized carbons (Fsp3) is 0.227. The Labute approximate surface area is 173 Å². The summed E-state index contributed by atoms with van der Waals surface area (Å²) in [4.78, 5) is 29.1. The largest absolute Gasteiger partial charge is 0.497 e. The molecule has 0 unspecified atom stereocenters. The minimum atomic E-state index is -0.903. The van der Waals surface area contributed by atoms with Gasteiger partial charge in [0.05, 0.1) is 23.4 Å². The molecule has 0 aliphatic carbocycles. The molecule has 3 aromatic rings. The fourth-order valence-electron chi connectivity index (χ4n) is 2.59. The Balaban J connectivity index is 1.55. The highest BCUT2D eigenvalue weighted by molar-refractivity contribution is 7.09. The molecule has 29 heavy (non-hydrogen) atoms. The molecule has 2 aromatic carbocycles. The van der Waals surface area contributed by atoms with Gasteiger partial charge in [0.15, 0.2) is 6.10 Å². The smallest absolute Gasteiger partial charge is 0.338 e. The molecule has 150 valence electrons. The lowest BCUT2D eigenvalue weighted by atomic mass is 10.1. The first-order valence-corrected chi connectivity index (χ1v) is 9.87. The molecule has 1 atom stereocenters. The molecular formula is C22H21NO5S. The predicted octanol–water partition coefficient (Wildman–Crippen LogP) is 4.47. The summed E-state index contributed by atoms with van der Waals surface area (Å²) < 4.78 is 16.1. The van der Waals surface area contributed by atoms with E-state index in [1.807, 2.05) is 12.3 Å². The average molecular weight is 411 g/mol. The molecule has 7 heteroatoms. The van der Waals surface area contributed by atoms with Gasteiger partial charge in [-0.3, -0.25) is 4.79 Å². The number of aryl methyl sites for hydroxylation is 1. The number of nitrogens with zero attached hydrogens (tertiary/aromatic N) is 1. The van der Waals surface area contributed by atoms with Crippen LogP contribution < -0.4 is 9.47 Å². The number of ketones is 1. The van der Waals surface area contributed by atoms with E-state index in [1.165, 1.54) is 0 Å². The first-order chi connectivity index (χ1) is 14.0. The number of hydrogen-bond donors (Lipinski definition) is 0. The second-order valence-electron chi connectivity index (χ2n) is 6.31. The first-order valence-electron chi connectivity index (χ1n) is 8.99. The van der Waals surface area contributed by atoms with Crippen molar-refractivity contribution >= 4 is 23.1 Å². The quantitative estimate of drug-likeness (QED) is 0.402. The van der Waals surface area contributed by atoms with Crippen molar-refractivity contribution in [1.29, 1.82) is 0 Å². The Morgan fingerprint density at radius 3 is 2.21 bits per heavy atom. The van der Waals surface area contributed by atoms with Crippen LogP contribution in [0.2, 0.25) is 0 Å². The van der Waals surface area contributed by atoms with Gasteiger partial charge in [0, 0.05) is 10.9 Å². The van der Waals surface area contributed by atoms with Crippen LogP contribution in [-0.2, 0) is 11.3 Å². The molecule has 3 rings (SSSR count). The zero-order chi connectivity index (χ0) is 20.8. The number of methoxy groups -OCH3 is 1. The summed E-state index contributed by atoms with van der Waals surface area (Å²) in [6, 6.07) is 13.2. The lowest BCUT2D eigenvalue weighted by Gasteiger charge is -2.13. The van der Waals surface area contributed by atoms with Crippen LogP contribution in [0.4, 0.5) is 0 Å².